The van der Waals surface area contributed by atoms with Crippen LogP contribution in [-0.2, 0) is 9.53 Å². The number of ether oxygens (including phenoxy) is 1. The van der Waals surface area contributed by atoms with Gasteiger partial charge in [-0.1, -0.05) is 0 Å². The number of amides is 2. The van der Waals surface area contributed by atoms with Gasteiger partial charge in [-0.05, 0) is 27.7 Å². The Balaban J connectivity index is 4.28. The predicted octanol–water partition coefficient (Wildman–Crippen LogP) is 0.941. The lowest BCUT2D eigenvalue weighted by Crippen LogP contribution is -2.52. The number of urea groups is 1. The van der Waals surface area contributed by atoms with Crippen LogP contribution in [0.5, 0.6) is 0 Å². The molecule has 0 aromatic rings. The molecule has 0 unspecified atom stereocenters. The van der Waals surface area contributed by atoms with Crippen molar-refractivity contribution >= 4 is 12.0 Å². The molecule has 0 fully saturated rings. The van der Waals surface area contributed by atoms with Crippen molar-refractivity contribution in [3.63, 3.8) is 0 Å². The number of hydrogen-bond acceptors (Lipinski definition) is 4. The smallest absolute Gasteiger partial charge is 0.405 e. The topological polar surface area (TPSA) is 87.7 Å². The van der Waals surface area contributed by atoms with Crippen molar-refractivity contribution < 1.29 is 32.6 Å². The number of esters is 1. The summed E-state index contributed by atoms with van der Waals surface area (Å²) in [5.74, 6) is -0.985. The molecule has 20 heavy (non-hydrogen) atoms. The second-order valence-corrected chi connectivity index (χ2v) is 5.43. The molecule has 6 nitrogen and oxygen atoms in total. The molecule has 0 spiro atoms. The molecule has 2 amide bonds. The van der Waals surface area contributed by atoms with E-state index in [1.54, 1.807) is 26.1 Å². The van der Waals surface area contributed by atoms with Gasteiger partial charge in [-0.25, -0.2) is 9.59 Å². The van der Waals surface area contributed by atoms with Gasteiger partial charge in [-0.15, -0.1) is 0 Å². The van der Waals surface area contributed by atoms with Crippen LogP contribution in [0.4, 0.5) is 18.0 Å². The number of carbonyl (C=O) groups is 2. The number of hydrogen-bond donors (Lipinski definition) is 3. The Morgan fingerprint density at radius 3 is 1.90 bits per heavy atom. The number of aliphatic hydroxyl groups is 1. The Morgan fingerprint density at radius 2 is 1.50 bits per heavy atom. The molecule has 0 saturated carbocycles. The second-order valence-electron chi connectivity index (χ2n) is 5.43. The molecule has 0 aromatic heterocycles. The summed E-state index contributed by atoms with van der Waals surface area (Å²) in [4.78, 5) is 22.6. The van der Waals surface area contributed by atoms with E-state index in [1.165, 1.54) is 0 Å². The van der Waals surface area contributed by atoms with Crippen molar-refractivity contribution in [2.45, 2.75) is 45.1 Å². The molecule has 1 atom stereocenters. The molecular weight excluding hydrogens is 281 g/mol. The third-order valence-electron chi connectivity index (χ3n) is 1.88. The molecule has 0 heterocycles. The molecule has 0 radical (unpaired) electrons. The predicted molar refractivity (Wildman–Crippen MR) is 63.9 cm³/mol. The van der Waals surface area contributed by atoms with Crippen molar-refractivity contribution in [2.75, 3.05) is 13.1 Å². The van der Waals surface area contributed by atoms with Gasteiger partial charge in [0.1, 0.15) is 12.1 Å². The largest absolute Gasteiger partial charge is 0.458 e. The van der Waals surface area contributed by atoms with Crippen LogP contribution in [0.25, 0.3) is 0 Å². The molecule has 0 rings (SSSR count). The summed E-state index contributed by atoms with van der Waals surface area (Å²) in [7, 11) is 0. The Hall–Kier alpha value is -1.51. The summed E-state index contributed by atoms with van der Waals surface area (Å²) < 4.78 is 40.4. The van der Waals surface area contributed by atoms with Crippen molar-refractivity contribution in [2.24, 2.45) is 0 Å². The molecule has 0 aromatic carbocycles. The zero-order valence-electron chi connectivity index (χ0n) is 11.7. The van der Waals surface area contributed by atoms with Crippen molar-refractivity contribution in [1.82, 2.24) is 10.6 Å². The zero-order valence-corrected chi connectivity index (χ0v) is 11.7. The summed E-state index contributed by atoms with van der Waals surface area (Å²) >= 11 is 0. The van der Waals surface area contributed by atoms with Gasteiger partial charge in [0.05, 0.1) is 6.54 Å². The molecule has 0 saturated heterocycles. The molecule has 118 valence electrons. The fraction of sp³-hybridized carbons (Fsp3) is 0.818. The number of nitrogens with one attached hydrogen (secondary N) is 2. The molecular formula is C11H19F3N2O4. The second kappa shape index (κ2) is 6.29. The van der Waals surface area contributed by atoms with Gasteiger partial charge >= 0.3 is 18.2 Å². The average molecular weight is 300 g/mol. The first-order valence-electron chi connectivity index (χ1n) is 5.77. The number of alkyl halides is 3. The van der Waals surface area contributed by atoms with Gasteiger partial charge in [-0.2, -0.15) is 13.2 Å². The van der Waals surface area contributed by atoms with E-state index in [2.05, 4.69) is 0 Å². The molecule has 0 aliphatic carbocycles. The monoisotopic (exact) mass is 300 g/mol. The van der Waals surface area contributed by atoms with Crippen LogP contribution >= 0.6 is 0 Å². The lowest BCUT2D eigenvalue weighted by atomic mass is 10.1. The summed E-state index contributed by atoms with van der Waals surface area (Å²) in [5.41, 5.74) is -2.87. The maximum Gasteiger partial charge on any atom is 0.405 e. The number of rotatable bonds is 4. The highest BCUT2D eigenvalue weighted by molar-refractivity contribution is 5.81. The summed E-state index contributed by atoms with van der Waals surface area (Å²) in [6.45, 7) is 3.77. The Labute approximate surface area is 114 Å². The highest BCUT2D eigenvalue weighted by Gasteiger charge is 2.35. The molecule has 0 bridgehead atoms. The standard InChI is InChI=1S/C11H19F3N2O4/c1-9(2,3)20-7(17)10(4,19)5-15-8(18)16-6-11(12,13)14/h19H,5-6H2,1-4H3,(H2,15,16,18)/t10-/m1/s1. The minimum absolute atomic E-state index is 0.578. The van der Waals surface area contributed by atoms with Crippen LogP contribution in [0, 0.1) is 0 Å². The Kier molecular flexibility index (Phi) is 5.82. The molecule has 0 aliphatic rings. The maximum atomic E-state index is 11.8. The summed E-state index contributed by atoms with van der Waals surface area (Å²) in [5, 5.41) is 13.3. The van der Waals surface area contributed by atoms with Crippen LogP contribution in [0.1, 0.15) is 27.7 Å². The van der Waals surface area contributed by atoms with E-state index in [0.717, 1.165) is 6.92 Å². The van der Waals surface area contributed by atoms with E-state index in [4.69, 9.17) is 4.74 Å². The van der Waals surface area contributed by atoms with E-state index >= 15 is 0 Å². The highest BCUT2D eigenvalue weighted by atomic mass is 19.4. The lowest BCUT2D eigenvalue weighted by Gasteiger charge is -2.27. The number of halogens is 3. The van der Waals surface area contributed by atoms with E-state index < -0.39 is 42.5 Å². The molecule has 0 aliphatic heterocycles. The van der Waals surface area contributed by atoms with Crippen molar-refractivity contribution in [1.29, 1.82) is 0 Å². The third-order valence-corrected chi connectivity index (χ3v) is 1.88. The molecule has 9 heteroatoms. The molecule has 3 N–H and O–H groups in total. The Morgan fingerprint density at radius 1 is 1.05 bits per heavy atom. The minimum atomic E-state index is -4.54. The van der Waals surface area contributed by atoms with Crippen LogP contribution in [0.2, 0.25) is 0 Å². The average Bonchev–Trinajstić information content (AvgIpc) is 2.20. The first-order valence-corrected chi connectivity index (χ1v) is 5.77. The Bertz CT molecular complexity index is 362. The SMILES string of the molecule is CC(C)(C)OC(=O)[C@](C)(O)CNC(=O)NCC(F)(F)F. The fourth-order valence-electron chi connectivity index (χ4n) is 0.956. The van der Waals surface area contributed by atoms with E-state index in [-0.39, 0.29) is 0 Å². The fourth-order valence-corrected chi connectivity index (χ4v) is 0.956. The van der Waals surface area contributed by atoms with Crippen LogP contribution < -0.4 is 10.6 Å². The lowest BCUT2D eigenvalue weighted by molar-refractivity contribution is -0.174. The first kappa shape index (κ1) is 18.5. The van der Waals surface area contributed by atoms with Crippen molar-refractivity contribution in [3.05, 3.63) is 0 Å². The minimum Gasteiger partial charge on any atom is -0.458 e. The third kappa shape index (κ3) is 8.57. The van der Waals surface area contributed by atoms with Gasteiger partial charge in [0.2, 0.25) is 0 Å². The van der Waals surface area contributed by atoms with Gasteiger partial charge in [0.15, 0.2) is 5.60 Å². The highest BCUT2D eigenvalue weighted by Crippen LogP contribution is 2.14. The van der Waals surface area contributed by atoms with E-state index in [9.17, 15) is 27.9 Å². The maximum absolute atomic E-state index is 11.8. The normalized spacial score (nSPS) is 15.2. The van der Waals surface area contributed by atoms with Gasteiger partial charge in [0, 0.05) is 0 Å². The summed E-state index contributed by atoms with van der Waals surface area (Å²) in [6.07, 6.45) is -4.54. The van der Waals surface area contributed by atoms with Gasteiger partial charge in [-0.3, -0.25) is 0 Å². The van der Waals surface area contributed by atoms with Crippen LogP contribution in [-0.4, -0.2) is 47.6 Å². The van der Waals surface area contributed by atoms with Gasteiger partial charge in [0.25, 0.3) is 0 Å². The zero-order chi connectivity index (χ0) is 16.2. The quantitative estimate of drug-likeness (QED) is 0.674. The van der Waals surface area contributed by atoms with Crippen LogP contribution in [0.15, 0.2) is 0 Å². The summed E-state index contributed by atoms with van der Waals surface area (Å²) in [6, 6.07) is -1.15. The van der Waals surface area contributed by atoms with Gasteiger partial charge < -0.3 is 20.5 Å². The van der Waals surface area contributed by atoms with E-state index in [1.807, 2.05) is 5.32 Å². The van der Waals surface area contributed by atoms with Crippen LogP contribution in [0.3, 0.4) is 0 Å². The number of carbonyl (C=O) groups excluding carboxylic acids is 2. The van der Waals surface area contributed by atoms with Crippen molar-refractivity contribution in [3.8, 4) is 0 Å². The van der Waals surface area contributed by atoms with E-state index in [0.29, 0.717) is 0 Å². The first-order chi connectivity index (χ1) is 8.73.